The number of hydrogen-bond acceptors (Lipinski definition) is 4. The van der Waals surface area contributed by atoms with Crippen molar-refractivity contribution in [1.29, 1.82) is 0 Å². The van der Waals surface area contributed by atoms with E-state index < -0.39 is 16.1 Å². The summed E-state index contributed by atoms with van der Waals surface area (Å²) in [5, 5.41) is 3.64. The third-order valence-corrected chi connectivity index (χ3v) is 6.64. The maximum absolute atomic E-state index is 13.0. The van der Waals surface area contributed by atoms with Crippen LogP contribution >= 0.6 is 23.2 Å². The summed E-state index contributed by atoms with van der Waals surface area (Å²) >= 11 is 11.8. The van der Waals surface area contributed by atoms with Crippen LogP contribution in [0.25, 0.3) is 0 Å². The highest BCUT2D eigenvalue weighted by Gasteiger charge is 2.26. The van der Waals surface area contributed by atoms with Gasteiger partial charge in [-0.1, -0.05) is 35.3 Å². The second kappa shape index (κ2) is 11.5. The first-order chi connectivity index (χ1) is 15.0. The average Bonchev–Trinajstić information content (AvgIpc) is 2.75. The lowest BCUT2D eigenvalue weighted by molar-refractivity contribution is -0.140. The van der Waals surface area contributed by atoms with Gasteiger partial charge in [-0.25, -0.2) is 8.42 Å². The first kappa shape index (κ1) is 26.0. The molecule has 2 rings (SSSR count). The molecule has 7 nitrogen and oxygen atoms in total. The molecule has 32 heavy (non-hydrogen) atoms. The molecule has 0 radical (unpaired) electrons. The van der Waals surface area contributed by atoms with Gasteiger partial charge in [0.25, 0.3) is 0 Å². The van der Waals surface area contributed by atoms with E-state index in [2.05, 4.69) is 5.32 Å². The molecular weight excluding hydrogens is 473 g/mol. The van der Waals surface area contributed by atoms with Crippen molar-refractivity contribution in [3.05, 3.63) is 64.1 Å². The number of anilines is 1. The van der Waals surface area contributed by atoms with Crippen molar-refractivity contribution in [2.45, 2.75) is 32.4 Å². The molecule has 0 aliphatic heterocycles. The molecule has 0 fully saturated rings. The molecule has 0 heterocycles. The zero-order valence-electron chi connectivity index (χ0n) is 18.2. The Morgan fingerprint density at radius 1 is 1.00 bits per heavy atom. The lowest BCUT2D eigenvalue weighted by atomic mass is 10.1. The number of hydrogen-bond donors (Lipinski definition) is 1. The molecular formula is C22H27Cl2N3O4S. The fraction of sp³-hybridized carbons (Fsp3) is 0.364. The Bertz CT molecular complexity index is 1030. The summed E-state index contributed by atoms with van der Waals surface area (Å²) in [4.78, 5) is 26.7. The second-order valence-corrected chi connectivity index (χ2v) is 10.1. The molecule has 1 N–H and O–H groups in total. The van der Waals surface area contributed by atoms with Crippen LogP contribution in [0.5, 0.6) is 0 Å². The zero-order chi connectivity index (χ0) is 23.9. The minimum atomic E-state index is -3.55. The van der Waals surface area contributed by atoms with E-state index in [1.165, 1.54) is 16.3 Å². The predicted molar refractivity (Wildman–Crippen MR) is 128 cm³/mol. The smallest absolute Gasteiger partial charge is 0.242 e. The highest BCUT2D eigenvalue weighted by atomic mass is 35.5. The van der Waals surface area contributed by atoms with Crippen molar-refractivity contribution in [1.82, 2.24) is 10.2 Å². The summed E-state index contributed by atoms with van der Waals surface area (Å²) < 4.78 is 25.8. The molecule has 174 valence electrons. The average molecular weight is 500 g/mol. The van der Waals surface area contributed by atoms with Crippen LogP contribution in [0.4, 0.5) is 5.69 Å². The molecule has 1 atom stereocenters. The van der Waals surface area contributed by atoms with Gasteiger partial charge in [0, 0.05) is 36.6 Å². The Kier molecular flexibility index (Phi) is 9.36. The van der Waals surface area contributed by atoms with Crippen molar-refractivity contribution in [3.63, 3.8) is 0 Å². The van der Waals surface area contributed by atoms with Crippen molar-refractivity contribution < 1.29 is 18.0 Å². The molecule has 2 aromatic rings. The highest BCUT2D eigenvalue weighted by molar-refractivity contribution is 7.92. The number of carbonyl (C=O) groups is 2. The minimum Gasteiger partial charge on any atom is -0.357 e. The van der Waals surface area contributed by atoms with E-state index in [0.29, 0.717) is 15.7 Å². The lowest BCUT2D eigenvalue weighted by Crippen LogP contribution is -2.46. The van der Waals surface area contributed by atoms with Crippen LogP contribution in [0.1, 0.15) is 25.3 Å². The van der Waals surface area contributed by atoms with Gasteiger partial charge in [-0.2, -0.15) is 0 Å². The van der Waals surface area contributed by atoms with Crippen molar-refractivity contribution in [2.75, 3.05) is 24.2 Å². The summed E-state index contributed by atoms with van der Waals surface area (Å²) in [6.45, 7) is 2.01. The summed E-state index contributed by atoms with van der Waals surface area (Å²) in [6, 6.07) is 12.8. The number of likely N-dealkylation sites (N-methyl/N-ethyl adjacent to an activating group) is 1. The fourth-order valence-electron chi connectivity index (χ4n) is 3.19. The fourth-order valence-corrected chi connectivity index (χ4v) is 4.41. The number of halogens is 2. The lowest BCUT2D eigenvalue weighted by Gasteiger charge is -2.29. The van der Waals surface area contributed by atoms with Crippen LogP contribution in [0.3, 0.4) is 0 Å². The number of amides is 2. The second-order valence-electron chi connectivity index (χ2n) is 7.35. The summed E-state index contributed by atoms with van der Waals surface area (Å²) in [5.41, 5.74) is 1.30. The topological polar surface area (TPSA) is 86.8 Å². The van der Waals surface area contributed by atoms with E-state index in [1.807, 2.05) is 0 Å². The number of nitrogens with zero attached hydrogens (tertiary/aromatic N) is 2. The standard InChI is InChI=1S/C22H27Cl2N3O4S/c1-16(22(29)25-2)26(15-17-6-8-18(23)9-7-17)21(28)5-4-14-27(32(3,30)31)20-12-10-19(24)11-13-20/h6-13,16H,4-5,14-15H2,1-3H3,(H,25,29)/t16-/m1/s1. The normalized spacial score (nSPS) is 12.2. The third kappa shape index (κ3) is 7.39. The minimum absolute atomic E-state index is 0.0779. The number of benzene rings is 2. The van der Waals surface area contributed by atoms with E-state index in [-0.39, 0.29) is 37.7 Å². The van der Waals surface area contributed by atoms with Gasteiger partial charge in [-0.05, 0) is 55.3 Å². The molecule has 0 aliphatic rings. The monoisotopic (exact) mass is 499 g/mol. The first-order valence-electron chi connectivity index (χ1n) is 10.0. The Hall–Kier alpha value is -2.29. The van der Waals surface area contributed by atoms with Crippen LogP contribution < -0.4 is 9.62 Å². The Morgan fingerprint density at radius 2 is 1.53 bits per heavy atom. The van der Waals surface area contributed by atoms with E-state index in [9.17, 15) is 18.0 Å². The van der Waals surface area contributed by atoms with Gasteiger partial charge in [0.05, 0.1) is 11.9 Å². The van der Waals surface area contributed by atoms with Gasteiger partial charge < -0.3 is 10.2 Å². The number of carbonyl (C=O) groups excluding carboxylic acids is 2. The molecule has 0 saturated heterocycles. The van der Waals surface area contributed by atoms with Gasteiger partial charge in [0.2, 0.25) is 21.8 Å². The maximum atomic E-state index is 13.0. The summed E-state index contributed by atoms with van der Waals surface area (Å²) in [5.74, 6) is -0.535. The molecule has 2 aromatic carbocycles. The van der Waals surface area contributed by atoms with Gasteiger partial charge in [0.1, 0.15) is 6.04 Å². The van der Waals surface area contributed by atoms with Crippen molar-refractivity contribution in [2.24, 2.45) is 0 Å². The molecule has 0 unspecified atom stereocenters. The number of sulfonamides is 1. The molecule has 2 amide bonds. The zero-order valence-corrected chi connectivity index (χ0v) is 20.5. The maximum Gasteiger partial charge on any atom is 0.242 e. The van der Waals surface area contributed by atoms with E-state index in [1.54, 1.807) is 55.5 Å². The van der Waals surface area contributed by atoms with Gasteiger partial charge in [-0.15, -0.1) is 0 Å². The van der Waals surface area contributed by atoms with Crippen LogP contribution in [0.15, 0.2) is 48.5 Å². The van der Waals surface area contributed by atoms with Crippen molar-refractivity contribution in [3.8, 4) is 0 Å². The molecule has 0 spiro atoms. The van der Waals surface area contributed by atoms with Gasteiger partial charge >= 0.3 is 0 Å². The van der Waals surface area contributed by atoms with Gasteiger partial charge in [-0.3, -0.25) is 13.9 Å². The van der Waals surface area contributed by atoms with Crippen molar-refractivity contribution >= 4 is 50.7 Å². The van der Waals surface area contributed by atoms with E-state index >= 15 is 0 Å². The Morgan fingerprint density at radius 3 is 2.03 bits per heavy atom. The summed E-state index contributed by atoms with van der Waals surface area (Å²) in [7, 11) is -2.03. The predicted octanol–water partition coefficient (Wildman–Crippen LogP) is 3.70. The number of rotatable bonds is 10. The Labute approximate surface area is 199 Å². The van der Waals surface area contributed by atoms with E-state index in [4.69, 9.17) is 23.2 Å². The summed E-state index contributed by atoms with van der Waals surface area (Å²) in [6.07, 6.45) is 1.48. The molecule has 0 aromatic heterocycles. The Balaban J connectivity index is 2.12. The molecule has 10 heteroatoms. The quantitative estimate of drug-likeness (QED) is 0.539. The number of nitrogens with one attached hydrogen (secondary N) is 1. The SMILES string of the molecule is CNC(=O)[C@@H](C)N(Cc1ccc(Cl)cc1)C(=O)CCCN(c1ccc(Cl)cc1)S(C)(=O)=O. The largest absolute Gasteiger partial charge is 0.357 e. The highest BCUT2D eigenvalue weighted by Crippen LogP contribution is 2.21. The molecule has 0 saturated carbocycles. The van der Waals surface area contributed by atoms with Crippen LogP contribution in [-0.2, 0) is 26.2 Å². The van der Waals surface area contributed by atoms with Crippen LogP contribution in [0, 0.1) is 0 Å². The van der Waals surface area contributed by atoms with E-state index in [0.717, 1.165) is 11.8 Å². The molecule has 0 aliphatic carbocycles. The van der Waals surface area contributed by atoms with Crippen LogP contribution in [0.2, 0.25) is 10.0 Å². The first-order valence-corrected chi connectivity index (χ1v) is 12.6. The molecule has 0 bridgehead atoms. The van der Waals surface area contributed by atoms with Crippen LogP contribution in [-0.4, -0.2) is 51.0 Å². The van der Waals surface area contributed by atoms with Gasteiger partial charge in [0.15, 0.2) is 0 Å². The third-order valence-electron chi connectivity index (χ3n) is 4.95.